The highest BCUT2D eigenvalue weighted by Gasteiger charge is 2.21. The van der Waals surface area contributed by atoms with E-state index in [-0.39, 0.29) is 6.61 Å². The van der Waals surface area contributed by atoms with Crippen LogP contribution in [0.1, 0.15) is 6.42 Å². The predicted octanol–water partition coefficient (Wildman–Crippen LogP) is -0.402. The van der Waals surface area contributed by atoms with Gasteiger partial charge in [-0.05, 0) is 0 Å². The van der Waals surface area contributed by atoms with Crippen LogP contribution >= 0.6 is 0 Å². The third kappa shape index (κ3) is 6.51. The lowest BCUT2D eigenvalue weighted by molar-refractivity contribution is -0.286. The molecule has 1 atom stereocenters. The second-order valence-corrected chi connectivity index (χ2v) is 4.41. The van der Waals surface area contributed by atoms with Crippen LogP contribution in [0.5, 0.6) is 0 Å². The summed E-state index contributed by atoms with van der Waals surface area (Å²) in [5.74, 6) is -0.809. The molecule has 0 spiro atoms. The van der Waals surface area contributed by atoms with Crippen molar-refractivity contribution >= 4 is 16.1 Å². The summed E-state index contributed by atoms with van der Waals surface area (Å²) in [7, 11) is -3.55. The van der Waals surface area contributed by atoms with Crippen molar-refractivity contribution in [2.24, 2.45) is 0 Å². The molecular formula is C8H13O7S-. The van der Waals surface area contributed by atoms with Gasteiger partial charge in [0.25, 0.3) is 0 Å². The van der Waals surface area contributed by atoms with E-state index in [0.29, 0.717) is 0 Å². The Balaban J connectivity index is 4.23. The van der Waals surface area contributed by atoms with Gasteiger partial charge >= 0.3 is 5.97 Å². The van der Waals surface area contributed by atoms with Gasteiger partial charge in [0, 0.05) is 0 Å². The van der Waals surface area contributed by atoms with E-state index in [9.17, 15) is 17.8 Å². The van der Waals surface area contributed by atoms with Gasteiger partial charge in [0.1, 0.15) is 16.7 Å². The molecule has 7 nitrogen and oxygen atoms in total. The largest absolute Gasteiger partial charge is 0.748 e. The van der Waals surface area contributed by atoms with Gasteiger partial charge in [-0.25, -0.2) is 18.2 Å². The first-order chi connectivity index (χ1) is 7.41. The van der Waals surface area contributed by atoms with E-state index in [1.54, 1.807) is 0 Å². The number of carbonyl (C=O) groups excluding carboxylic acids is 1. The van der Waals surface area contributed by atoms with Crippen LogP contribution in [-0.4, -0.2) is 44.5 Å². The molecule has 0 bridgehead atoms. The third-order valence-corrected chi connectivity index (χ3v) is 2.67. The van der Waals surface area contributed by atoms with Gasteiger partial charge in [-0.2, -0.15) is 0 Å². The topological polar surface area (TPSA) is 102 Å². The highest BCUT2D eigenvalue weighted by Crippen LogP contribution is 2.06. The van der Waals surface area contributed by atoms with Crippen molar-refractivity contribution in [3.63, 3.8) is 0 Å². The van der Waals surface area contributed by atoms with Crippen molar-refractivity contribution in [1.82, 2.24) is 0 Å². The van der Waals surface area contributed by atoms with Crippen molar-refractivity contribution in [3.8, 4) is 0 Å². The Hall–Kier alpha value is -0.960. The molecule has 16 heavy (non-hydrogen) atoms. The molecule has 0 N–H and O–H groups in total. The van der Waals surface area contributed by atoms with Gasteiger partial charge < -0.3 is 9.29 Å². The van der Waals surface area contributed by atoms with E-state index in [1.807, 2.05) is 0 Å². The lowest BCUT2D eigenvalue weighted by Gasteiger charge is -2.18. The standard InChI is InChI=1S/C8H14O7S/c1-3-4-14-15-6-7(16(10,11)12)5-8(9)13-2/h3,7H,1,4-6H2,2H3,(H,10,11,12)/p-1. The fourth-order valence-electron chi connectivity index (χ4n) is 0.734. The number of ether oxygens (including phenoxy) is 1. The molecule has 0 aromatic heterocycles. The van der Waals surface area contributed by atoms with Crippen LogP contribution in [-0.2, 0) is 29.4 Å². The van der Waals surface area contributed by atoms with Gasteiger partial charge in [0.15, 0.2) is 0 Å². The highest BCUT2D eigenvalue weighted by atomic mass is 32.2. The maximum Gasteiger partial charge on any atom is 0.306 e. The quantitative estimate of drug-likeness (QED) is 0.145. The monoisotopic (exact) mass is 253 g/mol. The number of hydrogen-bond donors (Lipinski definition) is 0. The van der Waals surface area contributed by atoms with Gasteiger partial charge in [0.05, 0.1) is 25.4 Å². The average molecular weight is 253 g/mol. The fraction of sp³-hybridized carbons (Fsp3) is 0.625. The molecule has 0 heterocycles. The summed E-state index contributed by atoms with van der Waals surface area (Å²) >= 11 is 0. The Labute approximate surface area is 93.7 Å². The summed E-state index contributed by atoms with van der Waals surface area (Å²) < 4.78 is 36.4. The average Bonchev–Trinajstić information content (AvgIpc) is 2.20. The van der Waals surface area contributed by atoms with Crippen molar-refractivity contribution < 1.29 is 32.3 Å². The lowest BCUT2D eigenvalue weighted by atomic mass is 10.3. The molecule has 0 rings (SSSR count). The molecule has 0 saturated carbocycles. The van der Waals surface area contributed by atoms with Gasteiger partial charge in [-0.1, -0.05) is 6.08 Å². The Bertz CT molecular complexity index is 321. The first kappa shape index (κ1) is 15.0. The minimum Gasteiger partial charge on any atom is -0.748 e. The maximum atomic E-state index is 10.8. The second kappa shape index (κ2) is 7.34. The van der Waals surface area contributed by atoms with E-state index in [1.165, 1.54) is 6.08 Å². The van der Waals surface area contributed by atoms with Crippen LogP contribution in [0.3, 0.4) is 0 Å². The van der Waals surface area contributed by atoms with Gasteiger partial charge in [-0.15, -0.1) is 6.58 Å². The molecule has 0 saturated heterocycles. The molecule has 0 aliphatic heterocycles. The summed E-state index contributed by atoms with van der Waals surface area (Å²) in [5, 5.41) is -1.52. The first-order valence-electron chi connectivity index (χ1n) is 4.28. The van der Waals surface area contributed by atoms with Crippen LogP contribution in [0, 0.1) is 0 Å². The van der Waals surface area contributed by atoms with Crippen molar-refractivity contribution in [3.05, 3.63) is 12.7 Å². The zero-order valence-corrected chi connectivity index (χ0v) is 9.57. The van der Waals surface area contributed by atoms with Crippen LogP contribution in [0.15, 0.2) is 12.7 Å². The molecular weight excluding hydrogens is 240 g/mol. The Kier molecular flexibility index (Phi) is 6.90. The molecule has 1 unspecified atom stereocenters. The van der Waals surface area contributed by atoms with Crippen LogP contribution in [0.2, 0.25) is 0 Å². The smallest absolute Gasteiger partial charge is 0.306 e. The molecule has 0 radical (unpaired) electrons. The number of hydrogen-bond acceptors (Lipinski definition) is 7. The molecule has 0 amide bonds. The summed E-state index contributed by atoms with van der Waals surface area (Å²) in [6, 6.07) is 0. The van der Waals surface area contributed by atoms with E-state index < -0.39 is 34.4 Å². The Morgan fingerprint density at radius 3 is 2.56 bits per heavy atom. The van der Waals surface area contributed by atoms with Crippen molar-refractivity contribution in [2.75, 3.05) is 20.3 Å². The molecule has 0 aliphatic carbocycles. The van der Waals surface area contributed by atoms with E-state index in [2.05, 4.69) is 21.1 Å². The third-order valence-electron chi connectivity index (χ3n) is 1.55. The fourth-order valence-corrected chi connectivity index (χ4v) is 1.30. The molecule has 94 valence electrons. The summed E-state index contributed by atoms with van der Waals surface area (Å²) in [6.45, 7) is 2.84. The SMILES string of the molecule is C=CCOOCC(CC(=O)OC)S(=O)(=O)[O-]. The normalized spacial score (nSPS) is 13.1. The highest BCUT2D eigenvalue weighted by molar-refractivity contribution is 7.86. The molecule has 8 heteroatoms. The maximum absolute atomic E-state index is 10.8. The van der Waals surface area contributed by atoms with Crippen LogP contribution < -0.4 is 0 Å². The molecule has 0 fully saturated rings. The minimum atomic E-state index is -4.64. The first-order valence-corrected chi connectivity index (χ1v) is 5.75. The van der Waals surface area contributed by atoms with Crippen molar-refractivity contribution in [2.45, 2.75) is 11.7 Å². The summed E-state index contributed by atoms with van der Waals surface area (Å²) in [4.78, 5) is 19.7. The number of esters is 1. The Morgan fingerprint density at radius 2 is 2.12 bits per heavy atom. The zero-order valence-electron chi connectivity index (χ0n) is 8.75. The van der Waals surface area contributed by atoms with E-state index >= 15 is 0 Å². The van der Waals surface area contributed by atoms with Gasteiger partial charge in [-0.3, -0.25) is 4.79 Å². The van der Waals surface area contributed by atoms with E-state index in [0.717, 1.165) is 7.11 Å². The zero-order chi connectivity index (χ0) is 12.6. The number of carbonyl (C=O) groups is 1. The predicted molar refractivity (Wildman–Crippen MR) is 52.2 cm³/mol. The molecule has 0 aromatic carbocycles. The minimum absolute atomic E-state index is 0.0455. The van der Waals surface area contributed by atoms with Crippen LogP contribution in [0.4, 0.5) is 0 Å². The summed E-state index contributed by atoms with van der Waals surface area (Å²) in [5.41, 5.74) is 0. The Morgan fingerprint density at radius 1 is 1.50 bits per heavy atom. The van der Waals surface area contributed by atoms with Gasteiger partial charge in [0.2, 0.25) is 0 Å². The van der Waals surface area contributed by atoms with Crippen molar-refractivity contribution in [1.29, 1.82) is 0 Å². The number of methoxy groups -OCH3 is 1. The second-order valence-electron chi connectivity index (χ2n) is 2.75. The molecule has 0 aromatic rings. The lowest BCUT2D eigenvalue weighted by Crippen LogP contribution is -2.29. The molecule has 0 aliphatic rings. The number of rotatable bonds is 8. The van der Waals surface area contributed by atoms with Crippen LogP contribution in [0.25, 0.3) is 0 Å². The van der Waals surface area contributed by atoms with E-state index in [4.69, 9.17) is 0 Å². The summed E-state index contributed by atoms with van der Waals surface area (Å²) in [6.07, 6.45) is 0.806.